The fraction of sp³-hybridized carbons (Fsp3) is 0.667. The van der Waals surface area contributed by atoms with Crippen molar-refractivity contribution in [3.63, 3.8) is 0 Å². The number of hydrogen-bond acceptors (Lipinski definition) is 4. The molecule has 21 heavy (non-hydrogen) atoms. The van der Waals surface area contributed by atoms with E-state index in [0.29, 0.717) is 6.54 Å². The van der Waals surface area contributed by atoms with Crippen LogP contribution in [0.25, 0.3) is 0 Å². The first kappa shape index (κ1) is 16.7. The number of fused-ring (bicyclic) bond motifs is 1. The molecular formula is C15H23ClN2O2S. The molecule has 0 bridgehead atoms. The van der Waals surface area contributed by atoms with Gasteiger partial charge in [0, 0.05) is 18.0 Å². The van der Waals surface area contributed by atoms with Gasteiger partial charge in [-0.2, -0.15) is 0 Å². The zero-order valence-electron chi connectivity index (χ0n) is 12.3. The Hall–Kier alpha value is -0.620. The van der Waals surface area contributed by atoms with Crippen LogP contribution in [0.5, 0.6) is 0 Å². The van der Waals surface area contributed by atoms with Crippen LogP contribution in [-0.4, -0.2) is 36.1 Å². The fourth-order valence-electron chi connectivity index (χ4n) is 3.35. The summed E-state index contributed by atoms with van der Waals surface area (Å²) in [4.78, 5) is 16.2. The molecule has 6 heteroatoms. The number of amides is 1. The SMILES string of the molecule is CCC1c2ccsc2CCN1C(=O)[C@@H]1CC[C@H](CN)O1.Cl. The van der Waals surface area contributed by atoms with Gasteiger partial charge in [0.15, 0.2) is 0 Å². The number of carbonyl (C=O) groups is 1. The quantitative estimate of drug-likeness (QED) is 0.926. The highest BCUT2D eigenvalue weighted by Gasteiger charge is 2.37. The third kappa shape index (κ3) is 3.11. The number of nitrogens with two attached hydrogens (primary N) is 1. The Morgan fingerprint density at radius 2 is 2.33 bits per heavy atom. The summed E-state index contributed by atoms with van der Waals surface area (Å²) in [7, 11) is 0. The summed E-state index contributed by atoms with van der Waals surface area (Å²) < 4.78 is 5.77. The molecule has 2 aliphatic rings. The van der Waals surface area contributed by atoms with Crippen molar-refractivity contribution in [2.45, 2.75) is 50.9 Å². The maximum Gasteiger partial charge on any atom is 0.252 e. The Morgan fingerprint density at radius 1 is 1.52 bits per heavy atom. The number of carbonyl (C=O) groups excluding carboxylic acids is 1. The summed E-state index contributed by atoms with van der Waals surface area (Å²) >= 11 is 1.81. The maximum absolute atomic E-state index is 12.7. The Morgan fingerprint density at radius 3 is 3.00 bits per heavy atom. The van der Waals surface area contributed by atoms with Crippen LogP contribution in [0.2, 0.25) is 0 Å². The molecule has 3 rings (SSSR count). The summed E-state index contributed by atoms with van der Waals surface area (Å²) in [6.07, 6.45) is 3.43. The lowest BCUT2D eigenvalue weighted by Crippen LogP contribution is -2.44. The van der Waals surface area contributed by atoms with Crippen molar-refractivity contribution in [2.75, 3.05) is 13.1 Å². The molecule has 3 atom stereocenters. The summed E-state index contributed by atoms with van der Waals surface area (Å²) in [5.74, 6) is 0.157. The van der Waals surface area contributed by atoms with Gasteiger partial charge in [0.2, 0.25) is 0 Å². The molecule has 1 aromatic rings. The molecule has 1 saturated heterocycles. The molecule has 0 radical (unpaired) electrons. The molecular weight excluding hydrogens is 308 g/mol. The summed E-state index contributed by atoms with van der Waals surface area (Å²) in [5.41, 5.74) is 6.97. The van der Waals surface area contributed by atoms with Gasteiger partial charge in [-0.05, 0) is 42.7 Å². The van der Waals surface area contributed by atoms with Crippen molar-refractivity contribution in [3.05, 3.63) is 21.9 Å². The Labute approximate surface area is 136 Å². The van der Waals surface area contributed by atoms with Gasteiger partial charge < -0.3 is 15.4 Å². The molecule has 1 amide bonds. The zero-order chi connectivity index (χ0) is 14.1. The maximum atomic E-state index is 12.7. The van der Waals surface area contributed by atoms with Crippen LogP contribution in [-0.2, 0) is 16.0 Å². The minimum absolute atomic E-state index is 0. The zero-order valence-corrected chi connectivity index (χ0v) is 13.9. The summed E-state index contributed by atoms with van der Waals surface area (Å²) in [6.45, 7) is 3.48. The van der Waals surface area contributed by atoms with Gasteiger partial charge in [-0.1, -0.05) is 6.92 Å². The fourth-order valence-corrected chi connectivity index (χ4v) is 4.27. The van der Waals surface area contributed by atoms with Crippen molar-refractivity contribution >= 4 is 29.7 Å². The van der Waals surface area contributed by atoms with Crippen LogP contribution in [0.1, 0.15) is 42.7 Å². The number of ether oxygens (including phenoxy) is 1. The third-order valence-corrected chi connectivity index (χ3v) is 5.41. The molecule has 1 aromatic heterocycles. The average Bonchev–Trinajstić information content (AvgIpc) is 3.13. The normalized spacial score (nSPS) is 28.1. The van der Waals surface area contributed by atoms with Crippen molar-refractivity contribution < 1.29 is 9.53 Å². The van der Waals surface area contributed by atoms with Crippen LogP contribution >= 0.6 is 23.7 Å². The minimum Gasteiger partial charge on any atom is -0.364 e. The molecule has 2 N–H and O–H groups in total. The molecule has 4 nitrogen and oxygen atoms in total. The number of hydrogen-bond donors (Lipinski definition) is 1. The molecule has 1 fully saturated rings. The second kappa shape index (κ2) is 7.09. The Bertz CT molecular complexity index is 494. The van der Waals surface area contributed by atoms with Crippen LogP contribution < -0.4 is 5.73 Å². The van der Waals surface area contributed by atoms with E-state index in [2.05, 4.69) is 18.4 Å². The monoisotopic (exact) mass is 330 g/mol. The van der Waals surface area contributed by atoms with Gasteiger partial charge >= 0.3 is 0 Å². The third-order valence-electron chi connectivity index (χ3n) is 4.41. The van der Waals surface area contributed by atoms with Crippen LogP contribution in [0.4, 0.5) is 0 Å². The summed E-state index contributed by atoms with van der Waals surface area (Å²) in [6, 6.07) is 2.39. The lowest BCUT2D eigenvalue weighted by atomic mass is 9.97. The Kier molecular flexibility index (Phi) is 5.66. The highest BCUT2D eigenvalue weighted by atomic mass is 35.5. The van der Waals surface area contributed by atoms with E-state index in [4.69, 9.17) is 10.5 Å². The minimum atomic E-state index is -0.280. The molecule has 2 aliphatic heterocycles. The standard InChI is InChI=1S/C15H22N2O2S.ClH/c1-2-12-11-6-8-20-14(11)5-7-17(12)15(18)13-4-3-10(9-16)19-13;/h6,8,10,12-13H,2-5,7,9,16H2,1H3;1H/t10-,12?,13+;/m1./s1. The van der Waals surface area contributed by atoms with Gasteiger partial charge in [-0.3, -0.25) is 4.79 Å². The topological polar surface area (TPSA) is 55.6 Å². The van der Waals surface area contributed by atoms with E-state index >= 15 is 0 Å². The lowest BCUT2D eigenvalue weighted by Gasteiger charge is -2.36. The summed E-state index contributed by atoms with van der Waals surface area (Å²) in [5, 5.41) is 2.14. The van der Waals surface area contributed by atoms with Crippen LogP contribution in [0.15, 0.2) is 11.4 Å². The molecule has 0 aliphatic carbocycles. The van der Waals surface area contributed by atoms with Crippen molar-refractivity contribution in [2.24, 2.45) is 5.73 Å². The number of thiophene rings is 1. The smallest absolute Gasteiger partial charge is 0.252 e. The predicted octanol–water partition coefficient (Wildman–Crippen LogP) is 2.51. The van der Waals surface area contributed by atoms with Gasteiger partial charge in [-0.15, -0.1) is 23.7 Å². The molecule has 0 saturated carbocycles. The molecule has 3 heterocycles. The molecule has 0 spiro atoms. The molecule has 0 aromatic carbocycles. The highest BCUT2D eigenvalue weighted by Crippen LogP contribution is 2.36. The van der Waals surface area contributed by atoms with Crippen LogP contribution in [0.3, 0.4) is 0 Å². The first-order chi connectivity index (χ1) is 9.74. The second-order valence-corrected chi connectivity index (χ2v) is 6.57. The van der Waals surface area contributed by atoms with E-state index in [1.165, 1.54) is 10.4 Å². The number of rotatable bonds is 3. The van der Waals surface area contributed by atoms with Crippen molar-refractivity contribution in [1.29, 1.82) is 0 Å². The first-order valence-electron chi connectivity index (χ1n) is 7.46. The van der Waals surface area contributed by atoms with Crippen molar-refractivity contribution in [1.82, 2.24) is 4.90 Å². The molecule has 1 unspecified atom stereocenters. The largest absolute Gasteiger partial charge is 0.364 e. The van der Waals surface area contributed by atoms with E-state index < -0.39 is 0 Å². The second-order valence-electron chi connectivity index (χ2n) is 5.56. The van der Waals surface area contributed by atoms with Crippen molar-refractivity contribution in [3.8, 4) is 0 Å². The predicted molar refractivity (Wildman–Crippen MR) is 87.0 cm³/mol. The molecule has 118 valence electrons. The van der Waals surface area contributed by atoms with E-state index in [-0.39, 0.29) is 36.6 Å². The number of halogens is 1. The highest BCUT2D eigenvalue weighted by molar-refractivity contribution is 7.10. The van der Waals surface area contributed by atoms with Gasteiger partial charge in [0.25, 0.3) is 5.91 Å². The van der Waals surface area contributed by atoms with E-state index in [9.17, 15) is 4.79 Å². The average molecular weight is 331 g/mol. The first-order valence-corrected chi connectivity index (χ1v) is 8.34. The lowest BCUT2D eigenvalue weighted by molar-refractivity contribution is -0.145. The van der Waals surface area contributed by atoms with Gasteiger partial charge in [-0.25, -0.2) is 0 Å². The number of nitrogens with zero attached hydrogens (tertiary/aromatic N) is 1. The van der Waals surface area contributed by atoms with Gasteiger partial charge in [0.05, 0.1) is 12.1 Å². The van der Waals surface area contributed by atoms with E-state index in [1.54, 1.807) is 0 Å². The van der Waals surface area contributed by atoms with Gasteiger partial charge in [0.1, 0.15) is 6.10 Å². The van der Waals surface area contributed by atoms with Crippen LogP contribution in [0, 0.1) is 0 Å². The van der Waals surface area contributed by atoms with E-state index in [1.807, 2.05) is 16.2 Å². The Balaban J connectivity index is 0.00000161. The van der Waals surface area contributed by atoms with E-state index in [0.717, 1.165) is 32.2 Å².